The van der Waals surface area contributed by atoms with Gasteiger partial charge in [0.2, 0.25) is 0 Å². The van der Waals surface area contributed by atoms with Crippen molar-refractivity contribution in [2.75, 3.05) is 31.1 Å². The second kappa shape index (κ2) is 7.90. The van der Waals surface area contributed by atoms with Gasteiger partial charge in [-0.25, -0.2) is 4.98 Å². The number of pyridine rings is 1. The van der Waals surface area contributed by atoms with Gasteiger partial charge in [0.25, 0.3) is 0 Å². The topological polar surface area (TPSA) is 57.4 Å². The van der Waals surface area contributed by atoms with Gasteiger partial charge in [0.05, 0.1) is 0 Å². The van der Waals surface area contributed by atoms with Crippen LogP contribution in [0, 0.1) is 0 Å². The van der Waals surface area contributed by atoms with Gasteiger partial charge < -0.3 is 14.6 Å². The molecule has 1 unspecified atom stereocenters. The third kappa shape index (κ3) is 3.86. The van der Waals surface area contributed by atoms with Gasteiger partial charge in [-0.15, -0.1) is 0 Å². The number of benzene rings is 1. The van der Waals surface area contributed by atoms with Crippen LogP contribution in [0.15, 0.2) is 61.2 Å². The first-order valence-corrected chi connectivity index (χ1v) is 9.33. The molecule has 6 heteroatoms. The zero-order valence-corrected chi connectivity index (χ0v) is 15.6. The second-order valence-electron chi connectivity index (χ2n) is 6.98. The summed E-state index contributed by atoms with van der Waals surface area (Å²) in [6, 6.07) is 12.3. The van der Waals surface area contributed by atoms with E-state index in [1.54, 1.807) is 6.20 Å². The largest absolute Gasteiger partial charge is 0.380 e. The van der Waals surface area contributed by atoms with Gasteiger partial charge in [0, 0.05) is 75.8 Å². The summed E-state index contributed by atoms with van der Waals surface area (Å²) in [5.74, 6) is 0.666. The molecule has 1 aromatic carbocycles. The van der Waals surface area contributed by atoms with E-state index in [9.17, 15) is 5.11 Å². The first-order valence-electron chi connectivity index (χ1n) is 9.33. The van der Waals surface area contributed by atoms with Crippen molar-refractivity contribution in [2.24, 2.45) is 7.05 Å². The number of aryl methyl sites for hydroxylation is 1. The van der Waals surface area contributed by atoms with E-state index in [1.807, 2.05) is 48.4 Å². The number of aromatic nitrogens is 3. The van der Waals surface area contributed by atoms with E-state index in [1.165, 1.54) is 5.56 Å². The predicted molar refractivity (Wildman–Crippen MR) is 105 cm³/mol. The average molecular weight is 363 g/mol. The van der Waals surface area contributed by atoms with Gasteiger partial charge in [0.1, 0.15) is 11.9 Å². The number of para-hydroxylation sites is 1. The van der Waals surface area contributed by atoms with Gasteiger partial charge in [-0.05, 0) is 23.8 Å². The highest BCUT2D eigenvalue weighted by Gasteiger charge is 2.23. The minimum Gasteiger partial charge on any atom is -0.380 e. The van der Waals surface area contributed by atoms with E-state index < -0.39 is 6.10 Å². The molecule has 1 N–H and O–H groups in total. The zero-order valence-electron chi connectivity index (χ0n) is 15.6. The summed E-state index contributed by atoms with van der Waals surface area (Å²) in [7, 11) is 1.91. The first kappa shape index (κ1) is 17.7. The molecule has 0 amide bonds. The van der Waals surface area contributed by atoms with Gasteiger partial charge in [-0.3, -0.25) is 9.88 Å². The van der Waals surface area contributed by atoms with Crippen molar-refractivity contribution in [3.63, 3.8) is 0 Å². The molecule has 1 aliphatic heterocycles. The van der Waals surface area contributed by atoms with Crippen molar-refractivity contribution in [3.8, 4) is 0 Å². The lowest BCUT2D eigenvalue weighted by Crippen LogP contribution is -2.46. The third-order valence-corrected chi connectivity index (χ3v) is 5.20. The van der Waals surface area contributed by atoms with Crippen LogP contribution in [0.2, 0.25) is 0 Å². The molecule has 0 bridgehead atoms. The van der Waals surface area contributed by atoms with Crippen molar-refractivity contribution in [1.29, 1.82) is 0 Å². The number of hydrogen-bond acceptors (Lipinski definition) is 5. The van der Waals surface area contributed by atoms with Crippen molar-refractivity contribution in [1.82, 2.24) is 19.4 Å². The highest BCUT2D eigenvalue weighted by molar-refractivity contribution is 5.56. The van der Waals surface area contributed by atoms with Crippen molar-refractivity contribution in [2.45, 2.75) is 12.6 Å². The fourth-order valence-electron chi connectivity index (χ4n) is 3.68. The Kier molecular flexibility index (Phi) is 5.18. The second-order valence-corrected chi connectivity index (χ2v) is 6.98. The number of aliphatic hydroxyl groups excluding tert-OH is 1. The lowest BCUT2D eigenvalue weighted by Gasteiger charge is -2.37. The maximum atomic E-state index is 10.9. The SMILES string of the molecule is Cn1ccnc1C(O)c1ccccc1N1CCN(Cc2ccncc2)CC1. The normalized spacial score (nSPS) is 16.4. The van der Waals surface area contributed by atoms with Crippen molar-refractivity contribution < 1.29 is 5.11 Å². The number of nitrogens with zero attached hydrogens (tertiary/aromatic N) is 5. The van der Waals surface area contributed by atoms with Gasteiger partial charge in [-0.1, -0.05) is 18.2 Å². The van der Waals surface area contributed by atoms with E-state index in [4.69, 9.17) is 0 Å². The maximum absolute atomic E-state index is 10.9. The predicted octanol–water partition coefficient (Wildman–Crippen LogP) is 2.22. The summed E-state index contributed by atoms with van der Waals surface area (Å²) >= 11 is 0. The minimum atomic E-state index is -0.726. The summed E-state index contributed by atoms with van der Waals surface area (Å²) in [6.45, 7) is 4.82. The van der Waals surface area contributed by atoms with Crippen LogP contribution < -0.4 is 4.90 Å². The molecule has 1 saturated heterocycles. The Hall–Kier alpha value is -2.70. The van der Waals surface area contributed by atoms with Crippen LogP contribution in [0.5, 0.6) is 0 Å². The molecule has 0 saturated carbocycles. The number of piperazine rings is 1. The Morgan fingerprint density at radius 2 is 1.74 bits per heavy atom. The van der Waals surface area contributed by atoms with Gasteiger partial charge >= 0.3 is 0 Å². The van der Waals surface area contributed by atoms with Crippen molar-refractivity contribution >= 4 is 5.69 Å². The van der Waals surface area contributed by atoms with Crippen LogP contribution in [0.25, 0.3) is 0 Å². The molecular formula is C21H25N5O. The molecule has 4 rings (SSSR count). The molecule has 3 aromatic rings. The Morgan fingerprint density at radius 1 is 1.00 bits per heavy atom. The summed E-state index contributed by atoms with van der Waals surface area (Å²) in [6.07, 6.45) is 6.55. The molecule has 3 heterocycles. The molecular weight excluding hydrogens is 338 g/mol. The number of rotatable bonds is 5. The third-order valence-electron chi connectivity index (χ3n) is 5.20. The highest BCUT2D eigenvalue weighted by Crippen LogP contribution is 2.30. The maximum Gasteiger partial charge on any atom is 0.142 e. The minimum absolute atomic E-state index is 0.666. The average Bonchev–Trinajstić information content (AvgIpc) is 3.15. The molecule has 0 spiro atoms. The van der Waals surface area contributed by atoms with Gasteiger partial charge in [-0.2, -0.15) is 0 Å². The van der Waals surface area contributed by atoms with Crippen LogP contribution in [-0.4, -0.2) is 50.7 Å². The number of hydrogen-bond donors (Lipinski definition) is 1. The smallest absolute Gasteiger partial charge is 0.142 e. The Morgan fingerprint density at radius 3 is 2.44 bits per heavy atom. The van der Waals surface area contributed by atoms with Crippen LogP contribution in [0.1, 0.15) is 23.1 Å². The standard InChI is InChI=1S/C21H25N5O/c1-24-11-10-23-21(24)20(27)18-4-2-3-5-19(18)26-14-12-25(13-15-26)16-17-6-8-22-9-7-17/h2-11,20,27H,12-16H2,1H3. The summed E-state index contributed by atoms with van der Waals surface area (Å²) in [5.41, 5.74) is 3.30. The highest BCUT2D eigenvalue weighted by atomic mass is 16.3. The quantitative estimate of drug-likeness (QED) is 0.753. The summed E-state index contributed by atoms with van der Waals surface area (Å²) in [5, 5.41) is 10.9. The monoisotopic (exact) mass is 363 g/mol. The number of anilines is 1. The molecule has 6 nitrogen and oxygen atoms in total. The first-order chi connectivity index (χ1) is 13.2. The van der Waals surface area contributed by atoms with Gasteiger partial charge in [0.15, 0.2) is 0 Å². The molecule has 1 fully saturated rings. The lowest BCUT2D eigenvalue weighted by atomic mass is 10.0. The van der Waals surface area contributed by atoms with Crippen LogP contribution >= 0.6 is 0 Å². The van der Waals surface area contributed by atoms with Crippen LogP contribution in [0.3, 0.4) is 0 Å². The summed E-state index contributed by atoms with van der Waals surface area (Å²) < 4.78 is 1.87. The fraction of sp³-hybridized carbons (Fsp3) is 0.333. The Bertz CT molecular complexity index is 871. The van der Waals surface area contributed by atoms with Crippen LogP contribution in [0.4, 0.5) is 5.69 Å². The number of imidazole rings is 1. The van der Waals surface area contributed by atoms with Crippen molar-refractivity contribution in [3.05, 3.63) is 78.1 Å². The molecule has 140 valence electrons. The summed E-state index contributed by atoms with van der Waals surface area (Å²) in [4.78, 5) is 13.2. The number of aliphatic hydroxyl groups is 1. The zero-order chi connectivity index (χ0) is 18.6. The van der Waals surface area contributed by atoms with E-state index in [-0.39, 0.29) is 0 Å². The fourth-order valence-corrected chi connectivity index (χ4v) is 3.68. The lowest BCUT2D eigenvalue weighted by molar-refractivity contribution is 0.205. The van der Waals surface area contributed by atoms with E-state index in [0.29, 0.717) is 5.82 Å². The van der Waals surface area contributed by atoms with Crippen LogP contribution in [-0.2, 0) is 13.6 Å². The Labute approximate surface area is 159 Å². The molecule has 2 aromatic heterocycles. The molecule has 0 radical (unpaired) electrons. The molecule has 27 heavy (non-hydrogen) atoms. The molecule has 1 atom stereocenters. The molecule has 1 aliphatic rings. The molecule has 0 aliphatic carbocycles. The van der Waals surface area contributed by atoms with E-state index in [0.717, 1.165) is 44.0 Å². The Balaban J connectivity index is 1.47. The van der Waals surface area contributed by atoms with E-state index >= 15 is 0 Å². The van der Waals surface area contributed by atoms with E-state index in [2.05, 4.69) is 38.0 Å².